The van der Waals surface area contributed by atoms with Crippen molar-refractivity contribution in [2.45, 2.75) is 30.9 Å². The summed E-state index contributed by atoms with van der Waals surface area (Å²) in [6.07, 6.45) is 0. The summed E-state index contributed by atoms with van der Waals surface area (Å²) in [7, 11) is 0. The van der Waals surface area contributed by atoms with Gasteiger partial charge >= 0.3 is 0 Å². The fraction of sp³-hybridized carbons (Fsp3) is 0.235. The van der Waals surface area contributed by atoms with E-state index in [1.165, 1.54) is 5.56 Å². The zero-order valence-electron chi connectivity index (χ0n) is 11.8. The monoisotopic (exact) mass is 348 g/mol. The van der Waals surface area contributed by atoms with Crippen molar-refractivity contribution in [3.63, 3.8) is 0 Å². The van der Waals surface area contributed by atoms with Gasteiger partial charge in [0, 0.05) is 14.9 Å². The highest BCUT2D eigenvalue weighted by atomic mass is 79.9. The third-order valence-corrected chi connectivity index (χ3v) is 4.86. The zero-order chi connectivity index (χ0) is 14.7. The molecule has 0 spiro atoms. The quantitative estimate of drug-likeness (QED) is 0.541. The van der Waals surface area contributed by atoms with Crippen LogP contribution in [0.1, 0.15) is 28.4 Å². The van der Waals surface area contributed by atoms with Crippen LogP contribution in [0.5, 0.6) is 0 Å². The van der Waals surface area contributed by atoms with Crippen molar-refractivity contribution in [2.75, 3.05) is 0 Å². The zero-order valence-corrected chi connectivity index (χ0v) is 14.2. The van der Waals surface area contributed by atoms with E-state index in [1.807, 2.05) is 56.3 Å². The number of Topliss-reactive ketones (excluding diaryl/α,β-unsaturated/α-hetero) is 1. The minimum atomic E-state index is -0.0913. The number of benzene rings is 2. The van der Waals surface area contributed by atoms with Crippen LogP contribution in [0.3, 0.4) is 0 Å². The molecule has 0 aliphatic carbocycles. The van der Waals surface area contributed by atoms with Crippen molar-refractivity contribution in [1.29, 1.82) is 0 Å². The first-order valence-corrected chi connectivity index (χ1v) is 8.18. The number of carbonyl (C=O) groups excluding carboxylic acids is 1. The van der Waals surface area contributed by atoms with E-state index in [9.17, 15) is 4.79 Å². The normalized spacial score (nSPS) is 12.2. The lowest BCUT2D eigenvalue weighted by Gasteiger charge is -2.11. The van der Waals surface area contributed by atoms with Gasteiger partial charge in [0.15, 0.2) is 5.78 Å². The lowest BCUT2D eigenvalue weighted by Crippen LogP contribution is -2.13. The highest BCUT2D eigenvalue weighted by Gasteiger charge is 2.17. The van der Waals surface area contributed by atoms with E-state index in [-0.39, 0.29) is 11.0 Å². The second kappa shape index (κ2) is 6.59. The molecule has 0 amide bonds. The van der Waals surface area contributed by atoms with Gasteiger partial charge in [0.1, 0.15) is 0 Å². The van der Waals surface area contributed by atoms with Crippen LogP contribution in [0.25, 0.3) is 0 Å². The van der Waals surface area contributed by atoms with E-state index >= 15 is 0 Å². The van der Waals surface area contributed by atoms with Crippen LogP contribution in [0.15, 0.2) is 51.8 Å². The van der Waals surface area contributed by atoms with Gasteiger partial charge in [0.2, 0.25) is 0 Å². The van der Waals surface area contributed by atoms with Crippen molar-refractivity contribution in [1.82, 2.24) is 0 Å². The molecule has 20 heavy (non-hydrogen) atoms. The number of hydrogen-bond acceptors (Lipinski definition) is 2. The van der Waals surface area contributed by atoms with E-state index in [2.05, 4.69) is 22.9 Å². The van der Waals surface area contributed by atoms with Crippen molar-refractivity contribution < 1.29 is 4.79 Å². The standard InChI is InChI=1S/C17H17BrOS/c1-11-7-8-14(9-12(11)2)17(19)13(3)20-16-6-4-5-15(18)10-16/h4-10,13H,1-3H3. The Morgan fingerprint density at radius 1 is 1.10 bits per heavy atom. The second-order valence-corrected chi connectivity index (χ2v) is 7.21. The van der Waals surface area contributed by atoms with Crippen molar-refractivity contribution in [2.24, 2.45) is 0 Å². The highest BCUT2D eigenvalue weighted by Crippen LogP contribution is 2.28. The summed E-state index contributed by atoms with van der Waals surface area (Å²) < 4.78 is 1.04. The Morgan fingerprint density at radius 3 is 2.50 bits per heavy atom. The molecule has 0 bridgehead atoms. The lowest BCUT2D eigenvalue weighted by atomic mass is 10.0. The van der Waals surface area contributed by atoms with E-state index in [1.54, 1.807) is 11.8 Å². The molecule has 2 rings (SSSR count). The molecule has 0 fully saturated rings. The molecular formula is C17H17BrOS. The van der Waals surface area contributed by atoms with Crippen LogP contribution in [0.4, 0.5) is 0 Å². The number of ketones is 1. The number of halogens is 1. The van der Waals surface area contributed by atoms with Crippen LogP contribution in [-0.2, 0) is 0 Å². The first-order chi connectivity index (χ1) is 9.47. The predicted octanol–water partition coefficient (Wildman–Crippen LogP) is 5.43. The third kappa shape index (κ3) is 3.74. The summed E-state index contributed by atoms with van der Waals surface area (Å²) in [6, 6.07) is 13.9. The van der Waals surface area contributed by atoms with Gasteiger partial charge in [-0.3, -0.25) is 4.79 Å². The lowest BCUT2D eigenvalue weighted by molar-refractivity contribution is 0.0994. The Bertz CT molecular complexity index is 637. The molecule has 0 radical (unpaired) electrons. The summed E-state index contributed by atoms with van der Waals surface area (Å²) >= 11 is 5.04. The van der Waals surface area contributed by atoms with Crippen LogP contribution < -0.4 is 0 Å². The molecule has 2 aromatic rings. The van der Waals surface area contributed by atoms with Crippen LogP contribution >= 0.6 is 27.7 Å². The molecule has 0 aliphatic heterocycles. The van der Waals surface area contributed by atoms with E-state index in [0.717, 1.165) is 20.5 Å². The van der Waals surface area contributed by atoms with Crippen LogP contribution in [0.2, 0.25) is 0 Å². The number of rotatable bonds is 4. The Kier molecular flexibility index (Phi) is 5.06. The molecule has 0 aliphatic rings. The van der Waals surface area contributed by atoms with E-state index < -0.39 is 0 Å². The molecule has 0 aromatic heterocycles. The van der Waals surface area contributed by atoms with Gasteiger partial charge in [-0.2, -0.15) is 0 Å². The highest BCUT2D eigenvalue weighted by molar-refractivity contribution is 9.10. The third-order valence-electron chi connectivity index (χ3n) is 3.27. The van der Waals surface area contributed by atoms with Gasteiger partial charge in [0.05, 0.1) is 5.25 Å². The smallest absolute Gasteiger partial charge is 0.175 e. The maximum atomic E-state index is 12.5. The molecule has 0 N–H and O–H groups in total. The minimum Gasteiger partial charge on any atom is -0.293 e. The Morgan fingerprint density at radius 2 is 1.85 bits per heavy atom. The van der Waals surface area contributed by atoms with Crippen molar-refractivity contribution >= 4 is 33.5 Å². The molecule has 0 saturated carbocycles. The average Bonchev–Trinajstić information content (AvgIpc) is 2.41. The first-order valence-electron chi connectivity index (χ1n) is 6.51. The summed E-state index contributed by atoms with van der Waals surface area (Å²) in [5.74, 6) is 0.179. The molecule has 0 saturated heterocycles. The van der Waals surface area contributed by atoms with Gasteiger partial charge in [-0.1, -0.05) is 34.1 Å². The molecule has 2 aromatic carbocycles. The van der Waals surface area contributed by atoms with Gasteiger partial charge in [-0.25, -0.2) is 0 Å². The largest absolute Gasteiger partial charge is 0.293 e. The van der Waals surface area contributed by atoms with Gasteiger partial charge in [-0.15, -0.1) is 11.8 Å². The molecular weight excluding hydrogens is 332 g/mol. The fourth-order valence-corrected chi connectivity index (χ4v) is 3.48. The topological polar surface area (TPSA) is 17.1 Å². The first kappa shape index (κ1) is 15.3. The Balaban J connectivity index is 2.14. The predicted molar refractivity (Wildman–Crippen MR) is 89.7 cm³/mol. The van der Waals surface area contributed by atoms with Gasteiger partial charge < -0.3 is 0 Å². The Hall–Kier alpha value is -1.06. The van der Waals surface area contributed by atoms with Gasteiger partial charge in [0.25, 0.3) is 0 Å². The molecule has 1 nitrogen and oxygen atoms in total. The summed E-state index contributed by atoms with van der Waals surface area (Å²) in [5, 5.41) is -0.0913. The fourth-order valence-electron chi connectivity index (χ4n) is 1.93. The number of thioether (sulfide) groups is 1. The molecule has 3 heteroatoms. The molecule has 1 unspecified atom stereocenters. The summed E-state index contributed by atoms with van der Waals surface area (Å²) in [6.45, 7) is 6.06. The maximum Gasteiger partial charge on any atom is 0.175 e. The molecule has 104 valence electrons. The van der Waals surface area contributed by atoms with Crippen LogP contribution in [0, 0.1) is 13.8 Å². The van der Waals surface area contributed by atoms with Crippen LogP contribution in [-0.4, -0.2) is 11.0 Å². The maximum absolute atomic E-state index is 12.5. The SMILES string of the molecule is Cc1ccc(C(=O)C(C)Sc2cccc(Br)c2)cc1C. The number of aryl methyl sites for hydroxylation is 2. The van der Waals surface area contributed by atoms with Gasteiger partial charge in [-0.05, 0) is 56.2 Å². The minimum absolute atomic E-state index is 0.0913. The molecule has 1 atom stereocenters. The summed E-state index contributed by atoms with van der Waals surface area (Å²) in [5.41, 5.74) is 3.17. The number of carbonyl (C=O) groups is 1. The summed E-state index contributed by atoms with van der Waals surface area (Å²) in [4.78, 5) is 13.6. The van der Waals surface area contributed by atoms with Crippen molar-refractivity contribution in [3.8, 4) is 0 Å². The molecule has 0 heterocycles. The van der Waals surface area contributed by atoms with E-state index in [4.69, 9.17) is 0 Å². The number of hydrogen-bond donors (Lipinski definition) is 0. The second-order valence-electron chi connectivity index (χ2n) is 4.88. The van der Waals surface area contributed by atoms with E-state index in [0.29, 0.717) is 0 Å². The van der Waals surface area contributed by atoms with Crippen molar-refractivity contribution in [3.05, 3.63) is 63.6 Å². The average molecular weight is 349 g/mol. The Labute approximate surface area is 132 Å².